The standard InChI is InChI=1S/C24H23IN4O4S/c1-4-20-28-29-22(26)17(23(30)27-24(29)34-20)11-15-12-18(25)21(19(13-15)31-3)33-10-9-32-16-7-5-14(2)6-8-16/h5-8,11-13,26H,4,9-10H2,1-3H3/b17-11+,26-22?. The number of aryl methyl sites for hydroxylation is 1. The van der Waals surface area contributed by atoms with Crippen LogP contribution in [-0.2, 0) is 4.79 Å². The molecule has 0 saturated heterocycles. The maximum Gasteiger partial charge on any atom is 0.283 e. The lowest BCUT2D eigenvalue weighted by molar-refractivity contribution is -0.114. The lowest BCUT2D eigenvalue weighted by Crippen LogP contribution is -2.35. The van der Waals surface area contributed by atoms with E-state index in [2.05, 4.69) is 32.7 Å². The van der Waals surface area contributed by atoms with E-state index in [4.69, 9.17) is 19.6 Å². The smallest absolute Gasteiger partial charge is 0.283 e. The first-order chi connectivity index (χ1) is 16.4. The van der Waals surface area contributed by atoms with Crippen LogP contribution in [0.1, 0.15) is 24.5 Å². The molecule has 176 valence electrons. The fourth-order valence-electron chi connectivity index (χ4n) is 3.24. The van der Waals surface area contributed by atoms with Crippen molar-refractivity contribution in [1.82, 2.24) is 5.01 Å². The lowest BCUT2D eigenvalue weighted by atomic mass is 10.1. The number of hydrogen-bond donors (Lipinski definition) is 1. The molecular weight excluding hydrogens is 567 g/mol. The van der Waals surface area contributed by atoms with Crippen LogP contribution in [0.4, 0.5) is 0 Å². The molecule has 0 unspecified atom stereocenters. The zero-order valence-corrected chi connectivity index (χ0v) is 21.9. The van der Waals surface area contributed by atoms with Gasteiger partial charge in [0.25, 0.3) is 5.91 Å². The Bertz CT molecular complexity index is 1220. The highest BCUT2D eigenvalue weighted by atomic mass is 127. The van der Waals surface area contributed by atoms with Crippen molar-refractivity contribution in [2.24, 2.45) is 10.1 Å². The molecule has 2 aromatic carbocycles. The van der Waals surface area contributed by atoms with Gasteiger partial charge in [-0.25, -0.2) is 0 Å². The van der Waals surface area contributed by atoms with Crippen LogP contribution in [0.15, 0.2) is 52.1 Å². The van der Waals surface area contributed by atoms with Gasteiger partial charge in [-0.3, -0.25) is 10.2 Å². The van der Waals surface area contributed by atoms with Crippen LogP contribution in [-0.4, -0.2) is 47.3 Å². The Balaban J connectivity index is 1.48. The van der Waals surface area contributed by atoms with Gasteiger partial charge in [0.15, 0.2) is 17.3 Å². The summed E-state index contributed by atoms with van der Waals surface area (Å²) in [6, 6.07) is 11.5. The maximum atomic E-state index is 12.6. The summed E-state index contributed by atoms with van der Waals surface area (Å²) in [5, 5.41) is 15.5. The van der Waals surface area contributed by atoms with E-state index in [0.717, 1.165) is 14.4 Å². The number of aliphatic imine (C=N–C) groups is 1. The van der Waals surface area contributed by atoms with Gasteiger partial charge >= 0.3 is 0 Å². The molecule has 8 nitrogen and oxygen atoms in total. The number of thioether (sulfide) groups is 1. The van der Waals surface area contributed by atoms with E-state index >= 15 is 0 Å². The van der Waals surface area contributed by atoms with Crippen LogP contribution < -0.4 is 14.2 Å². The van der Waals surface area contributed by atoms with E-state index < -0.39 is 5.91 Å². The average Bonchev–Trinajstić information content (AvgIpc) is 3.24. The molecule has 1 N–H and O–H groups in total. The van der Waals surface area contributed by atoms with Gasteiger partial charge < -0.3 is 14.2 Å². The molecule has 0 atom stereocenters. The third-order valence-corrected chi connectivity index (χ3v) is 6.84. The number of carbonyl (C=O) groups is 1. The summed E-state index contributed by atoms with van der Waals surface area (Å²) in [4.78, 5) is 16.7. The van der Waals surface area contributed by atoms with Gasteiger partial charge in [-0.05, 0) is 83.6 Å². The first-order valence-electron chi connectivity index (χ1n) is 10.6. The van der Waals surface area contributed by atoms with Crippen molar-refractivity contribution in [3.63, 3.8) is 0 Å². The predicted octanol–water partition coefficient (Wildman–Crippen LogP) is 5.10. The molecule has 0 bridgehead atoms. The summed E-state index contributed by atoms with van der Waals surface area (Å²) in [5.74, 6) is 1.45. The number of ether oxygens (including phenoxy) is 3. The second-order valence-corrected chi connectivity index (χ2v) is 9.61. The van der Waals surface area contributed by atoms with Crippen molar-refractivity contribution in [3.05, 3.63) is 56.7 Å². The molecule has 10 heteroatoms. The summed E-state index contributed by atoms with van der Waals surface area (Å²) < 4.78 is 18.0. The lowest BCUT2D eigenvalue weighted by Gasteiger charge is -2.20. The van der Waals surface area contributed by atoms with Crippen molar-refractivity contribution in [2.75, 3.05) is 20.3 Å². The molecule has 0 radical (unpaired) electrons. The van der Waals surface area contributed by atoms with Crippen LogP contribution in [0, 0.1) is 15.9 Å². The van der Waals surface area contributed by atoms with Crippen molar-refractivity contribution in [3.8, 4) is 17.2 Å². The average molecular weight is 590 g/mol. The van der Waals surface area contributed by atoms with Crippen molar-refractivity contribution < 1.29 is 19.0 Å². The zero-order valence-electron chi connectivity index (χ0n) is 18.9. The Kier molecular flexibility index (Phi) is 7.57. The molecule has 0 aliphatic carbocycles. The number of hydrazone groups is 1. The van der Waals surface area contributed by atoms with E-state index in [1.807, 2.05) is 44.2 Å². The quantitative estimate of drug-likeness (QED) is 0.261. The first-order valence-corrected chi connectivity index (χ1v) is 12.5. The molecular formula is C24H23IN4O4S. The second-order valence-electron chi connectivity index (χ2n) is 7.41. The van der Waals surface area contributed by atoms with E-state index in [1.165, 1.54) is 22.3 Å². The summed E-state index contributed by atoms with van der Waals surface area (Å²) in [5.41, 5.74) is 2.04. The normalized spacial score (nSPS) is 16.4. The minimum absolute atomic E-state index is 0.00788. The fraction of sp³-hybridized carbons (Fsp3) is 0.250. The largest absolute Gasteiger partial charge is 0.493 e. The van der Waals surface area contributed by atoms with Gasteiger partial charge in [-0.15, -0.1) is 0 Å². The number of benzene rings is 2. The van der Waals surface area contributed by atoms with Gasteiger partial charge in [0, 0.05) is 0 Å². The Morgan fingerprint density at radius 1 is 1.18 bits per heavy atom. The van der Waals surface area contributed by atoms with E-state index in [1.54, 1.807) is 19.3 Å². The number of nitrogens with one attached hydrogen (secondary N) is 1. The molecule has 2 aliphatic rings. The number of hydrogen-bond acceptors (Lipinski definition) is 7. The Labute approximate surface area is 215 Å². The van der Waals surface area contributed by atoms with Crippen molar-refractivity contribution in [1.29, 1.82) is 5.41 Å². The Morgan fingerprint density at radius 3 is 2.62 bits per heavy atom. The zero-order chi connectivity index (χ0) is 24.2. The molecule has 0 spiro atoms. The number of amides is 1. The molecule has 2 aromatic rings. The molecule has 0 saturated carbocycles. The number of methoxy groups -OCH3 is 1. The monoisotopic (exact) mass is 590 g/mol. The van der Waals surface area contributed by atoms with Gasteiger partial charge in [0.05, 0.1) is 16.3 Å². The Hall–Kier alpha value is -2.86. The summed E-state index contributed by atoms with van der Waals surface area (Å²) in [6.07, 6.45) is 2.34. The highest BCUT2D eigenvalue weighted by Crippen LogP contribution is 2.35. The third-order valence-electron chi connectivity index (χ3n) is 4.98. The predicted molar refractivity (Wildman–Crippen MR) is 143 cm³/mol. The third kappa shape index (κ3) is 5.27. The summed E-state index contributed by atoms with van der Waals surface area (Å²) >= 11 is 3.48. The van der Waals surface area contributed by atoms with E-state index in [9.17, 15) is 4.79 Å². The molecule has 0 fully saturated rings. The van der Waals surface area contributed by atoms with Gasteiger partial charge in [0.1, 0.15) is 24.0 Å². The van der Waals surface area contributed by atoms with Crippen LogP contribution in [0.3, 0.4) is 0 Å². The van der Waals surface area contributed by atoms with E-state index in [0.29, 0.717) is 41.9 Å². The highest BCUT2D eigenvalue weighted by molar-refractivity contribution is 14.1. The fourth-order valence-corrected chi connectivity index (χ4v) is 4.85. The number of rotatable bonds is 8. The van der Waals surface area contributed by atoms with Crippen LogP contribution in [0.25, 0.3) is 6.08 Å². The van der Waals surface area contributed by atoms with Crippen LogP contribution >= 0.6 is 34.4 Å². The minimum Gasteiger partial charge on any atom is -0.493 e. The number of halogens is 1. The van der Waals surface area contributed by atoms with Gasteiger partial charge in [-0.1, -0.05) is 24.6 Å². The van der Waals surface area contributed by atoms with Crippen molar-refractivity contribution in [2.45, 2.75) is 20.3 Å². The number of nitrogens with zero attached hydrogens (tertiary/aromatic N) is 3. The molecule has 4 rings (SSSR count). The number of amidine groups is 2. The number of carbonyl (C=O) groups excluding carboxylic acids is 1. The van der Waals surface area contributed by atoms with Crippen LogP contribution in [0.2, 0.25) is 0 Å². The van der Waals surface area contributed by atoms with Crippen LogP contribution in [0.5, 0.6) is 17.2 Å². The molecule has 2 heterocycles. The first kappa shape index (κ1) is 24.3. The molecule has 1 amide bonds. The van der Waals surface area contributed by atoms with Crippen molar-refractivity contribution >= 4 is 62.4 Å². The van der Waals surface area contributed by atoms with E-state index in [-0.39, 0.29) is 11.4 Å². The van der Waals surface area contributed by atoms with Gasteiger partial charge in [-0.2, -0.15) is 15.1 Å². The second kappa shape index (κ2) is 10.6. The SMILES string of the molecule is CCC1=NN2C(=N)/C(=C\c3cc(I)c(OCCOc4ccc(C)cc4)c(OC)c3)C(=O)N=C2S1. The molecule has 0 aromatic heterocycles. The maximum absolute atomic E-state index is 12.6. The summed E-state index contributed by atoms with van der Waals surface area (Å²) in [7, 11) is 1.56. The highest BCUT2D eigenvalue weighted by Gasteiger charge is 2.35. The molecule has 34 heavy (non-hydrogen) atoms. The van der Waals surface area contributed by atoms with Gasteiger partial charge in [0.2, 0.25) is 5.17 Å². The molecule has 2 aliphatic heterocycles. The number of fused-ring (bicyclic) bond motifs is 1. The topological polar surface area (TPSA) is 96.6 Å². The Morgan fingerprint density at radius 2 is 1.91 bits per heavy atom. The minimum atomic E-state index is -0.459. The summed E-state index contributed by atoms with van der Waals surface area (Å²) in [6.45, 7) is 4.72.